The van der Waals surface area contributed by atoms with E-state index in [4.69, 9.17) is 11.6 Å². The lowest BCUT2D eigenvalue weighted by molar-refractivity contribution is 0.223. The highest BCUT2D eigenvalue weighted by atomic mass is 35.5. The molecule has 174 valence electrons. The maximum absolute atomic E-state index is 13.2. The summed E-state index contributed by atoms with van der Waals surface area (Å²) in [4.78, 5) is 2.56. The molecule has 0 unspecified atom stereocenters. The maximum Gasteiger partial charge on any atom is 0.271 e. The SMILES string of the molecule is Cc1c(S(=O)(=O)Nc2ccc3c(ccn3CCCN3CCCCC3)c2)sc2ccc(Cl)cc12. The van der Waals surface area contributed by atoms with Crippen molar-refractivity contribution < 1.29 is 8.42 Å². The highest BCUT2D eigenvalue weighted by Crippen LogP contribution is 2.36. The average Bonchev–Trinajstić information content (AvgIpc) is 3.35. The number of thiophene rings is 1. The molecule has 0 atom stereocenters. The number of rotatable bonds is 7. The average molecular weight is 502 g/mol. The van der Waals surface area contributed by atoms with Gasteiger partial charge in [0.05, 0.1) is 0 Å². The monoisotopic (exact) mass is 501 g/mol. The molecule has 33 heavy (non-hydrogen) atoms. The molecule has 0 aliphatic carbocycles. The zero-order chi connectivity index (χ0) is 23.0. The summed E-state index contributed by atoms with van der Waals surface area (Å²) in [7, 11) is -3.69. The smallest absolute Gasteiger partial charge is 0.271 e. The van der Waals surface area contributed by atoms with Gasteiger partial charge in [-0.05, 0) is 99.2 Å². The van der Waals surface area contributed by atoms with Crippen LogP contribution in [0.5, 0.6) is 0 Å². The molecule has 0 spiro atoms. The highest BCUT2D eigenvalue weighted by molar-refractivity contribution is 7.94. The van der Waals surface area contributed by atoms with Crippen LogP contribution in [0.15, 0.2) is 52.9 Å². The summed E-state index contributed by atoms with van der Waals surface area (Å²) < 4.78 is 32.6. The Balaban J connectivity index is 1.31. The number of aromatic nitrogens is 1. The van der Waals surface area contributed by atoms with E-state index in [2.05, 4.69) is 26.5 Å². The van der Waals surface area contributed by atoms with Gasteiger partial charge in [0.25, 0.3) is 10.0 Å². The fourth-order valence-electron chi connectivity index (χ4n) is 4.73. The van der Waals surface area contributed by atoms with E-state index in [9.17, 15) is 8.42 Å². The summed E-state index contributed by atoms with van der Waals surface area (Å²) in [5.74, 6) is 0. The first kappa shape index (κ1) is 22.7. The first-order chi connectivity index (χ1) is 15.9. The molecule has 0 amide bonds. The molecule has 0 saturated carbocycles. The van der Waals surface area contributed by atoms with Gasteiger partial charge in [-0.3, -0.25) is 4.72 Å². The lowest BCUT2D eigenvalue weighted by atomic mass is 10.1. The molecule has 0 bridgehead atoms. The van der Waals surface area contributed by atoms with Gasteiger partial charge in [-0.25, -0.2) is 8.42 Å². The molecule has 3 heterocycles. The van der Waals surface area contributed by atoms with Crippen LogP contribution < -0.4 is 4.72 Å². The van der Waals surface area contributed by atoms with Crippen molar-refractivity contribution in [3.63, 3.8) is 0 Å². The molecule has 5 nitrogen and oxygen atoms in total. The zero-order valence-electron chi connectivity index (χ0n) is 18.7. The number of piperidine rings is 1. The predicted octanol–water partition coefficient (Wildman–Crippen LogP) is 6.49. The van der Waals surface area contributed by atoms with Crippen molar-refractivity contribution in [1.29, 1.82) is 0 Å². The Kier molecular flexibility index (Phi) is 6.40. The molecule has 1 saturated heterocycles. The standard InChI is InChI=1S/C25H28ClN3O2S2/c1-18-22-17-20(26)6-9-24(22)32-25(18)33(30,31)27-21-7-8-23-19(16-21)10-15-29(23)14-5-13-28-11-3-2-4-12-28/h6-10,15-17,27H,2-5,11-14H2,1H3. The first-order valence-electron chi connectivity index (χ1n) is 11.4. The number of benzene rings is 2. The van der Waals surface area contributed by atoms with Gasteiger partial charge in [-0.15, -0.1) is 11.3 Å². The van der Waals surface area contributed by atoms with E-state index < -0.39 is 10.0 Å². The summed E-state index contributed by atoms with van der Waals surface area (Å²) in [5.41, 5.74) is 2.43. The molecule has 1 aliphatic rings. The second kappa shape index (κ2) is 9.29. The number of aryl methyl sites for hydroxylation is 2. The molecule has 2 aromatic carbocycles. The fourth-order valence-corrected chi connectivity index (χ4v) is 7.70. The molecule has 1 N–H and O–H groups in total. The lowest BCUT2D eigenvalue weighted by Gasteiger charge is -2.26. The lowest BCUT2D eigenvalue weighted by Crippen LogP contribution is -2.31. The third-order valence-electron chi connectivity index (χ3n) is 6.44. The third-order valence-corrected chi connectivity index (χ3v) is 9.95. The van der Waals surface area contributed by atoms with E-state index in [1.54, 1.807) is 6.07 Å². The Morgan fingerprint density at radius 3 is 2.67 bits per heavy atom. The Morgan fingerprint density at radius 1 is 1.03 bits per heavy atom. The Labute approximate surface area is 204 Å². The van der Waals surface area contributed by atoms with Crippen molar-refractivity contribution in [3.05, 3.63) is 59.2 Å². The van der Waals surface area contributed by atoms with Crippen LogP contribution in [-0.2, 0) is 16.6 Å². The molecule has 1 aliphatic heterocycles. The number of hydrogen-bond donors (Lipinski definition) is 1. The number of nitrogens with zero attached hydrogens (tertiary/aromatic N) is 2. The van der Waals surface area contributed by atoms with Gasteiger partial charge >= 0.3 is 0 Å². The van der Waals surface area contributed by atoms with Gasteiger partial charge in [-0.2, -0.15) is 0 Å². The number of hydrogen-bond acceptors (Lipinski definition) is 4. The summed E-state index contributed by atoms with van der Waals surface area (Å²) in [6.45, 7) is 6.38. The van der Waals surface area contributed by atoms with Gasteiger partial charge in [-0.1, -0.05) is 18.0 Å². The molecule has 4 aromatic rings. The van der Waals surface area contributed by atoms with Gasteiger partial charge in [0.1, 0.15) is 4.21 Å². The number of likely N-dealkylation sites (tertiary alicyclic amines) is 1. The van der Waals surface area contributed by atoms with Crippen LogP contribution in [-0.4, -0.2) is 37.5 Å². The Morgan fingerprint density at radius 2 is 1.85 bits per heavy atom. The van der Waals surface area contributed by atoms with Crippen molar-refractivity contribution in [3.8, 4) is 0 Å². The number of nitrogens with one attached hydrogen (secondary N) is 1. The first-order valence-corrected chi connectivity index (χ1v) is 14.1. The van der Waals surface area contributed by atoms with Crippen molar-refractivity contribution in [2.75, 3.05) is 24.4 Å². The predicted molar refractivity (Wildman–Crippen MR) is 139 cm³/mol. The molecule has 2 aromatic heterocycles. The Hall–Kier alpha value is -2.06. The highest BCUT2D eigenvalue weighted by Gasteiger charge is 2.22. The largest absolute Gasteiger partial charge is 0.347 e. The summed E-state index contributed by atoms with van der Waals surface area (Å²) in [6, 6.07) is 13.3. The summed E-state index contributed by atoms with van der Waals surface area (Å²) >= 11 is 7.38. The van der Waals surface area contributed by atoms with Crippen molar-refractivity contribution in [1.82, 2.24) is 9.47 Å². The van der Waals surface area contributed by atoms with Gasteiger partial charge in [0.2, 0.25) is 0 Å². The second-order valence-corrected chi connectivity index (χ2v) is 12.2. The van der Waals surface area contributed by atoms with Crippen LogP contribution in [0.25, 0.3) is 21.0 Å². The van der Waals surface area contributed by atoms with Crippen molar-refractivity contribution >= 4 is 59.6 Å². The Bertz CT molecular complexity index is 1400. The zero-order valence-corrected chi connectivity index (χ0v) is 21.1. The van der Waals surface area contributed by atoms with Gasteiger partial charge in [0.15, 0.2) is 0 Å². The molecule has 5 rings (SSSR count). The molecule has 8 heteroatoms. The number of anilines is 1. The normalized spacial score (nSPS) is 15.5. The minimum atomic E-state index is -3.69. The summed E-state index contributed by atoms with van der Waals surface area (Å²) in [6.07, 6.45) is 7.22. The quantitative estimate of drug-likeness (QED) is 0.314. The van der Waals surface area contributed by atoms with E-state index in [0.29, 0.717) is 14.9 Å². The van der Waals surface area contributed by atoms with Crippen LogP contribution in [0, 0.1) is 6.92 Å². The number of halogens is 1. The fraction of sp³-hybridized carbons (Fsp3) is 0.360. The third kappa shape index (κ3) is 4.78. The van der Waals surface area contributed by atoms with E-state index in [-0.39, 0.29) is 0 Å². The number of sulfonamides is 1. The molecule has 0 radical (unpaired) electrons. The molecule has 1 fully saturated rings. The summed E-state index contributed by atoms with van der Waals surface area (Å²) in [5, 5.41) is 2.52. The van der Waals surface area contributed by atoms with Crippen molar-refractivity contribution in [2.45, 2.75) is 43.4 Å². The van der Waals surface area contributed by atoms with Gasteiger partial charge in [0, 0.05) is 39.1 Å². The van der Waals surface area contributed by atoms with E-state index in [0.717, 1.165) is 46.1 Å². The van der Waals surface area contributed by atoms with Crippen LogP contribution in [0.2, 0.25) is 5.02 Å². The van der Waals surface area contributed by atoms with Crippen LogP contribution in [0.3, 0.4) is 0 Å². The maximum atomic E-state index is 13.2. The van der Waals surface area contributed by atoms with E-state index in [1.807, 2.05) is 37.3 Å². The molecular formula is C25H28ClN3O2S2. The minimum absolute atomic E-state index is 0.329. The molecular weight excluding hydrogens is 474 g/mol. The van der Waals surface area contributed by atoms with Crippen LogP contribution >= 0.6 is 22.9 Å². The van der Waals surface area contributed by atoms with Crippen LogP contribution in [0.4, 0.5) is 5.69 Å². The number of fused-ring (bicyclic) bond motifs is 2. The van der Waals surface area contributed by atoms with Gasteiger partial charge < -0.3 is 9.47 Å². The second-order valence-electron chi connectivity index (χ2n) is 8.80. The van der Waals surface area contributed by atoms with Crippen molar-refractivity contribution in [2.24, 2.45) is 0 Å². The minimum Gasteiger partial charge on any atom is -0.347 e. The van der Waals surface area contributed by atoms with E-state index >= 15 is 0 Å². The van der Waals surface area contributed by atoms with E-state index in [1.165, 1.54) is 43.7 Å². The topological polar surface area (TPSA) is 54.3 Å². The van der Waals surface area contributed by atoms with Crippen LogP contribution in [0.1, 0.15) is 31.2 Å².